The third kappa shape index (κ3) is 23.9. The predicted molar refractivity (Wildman–Crippen MR) is 182 cm³/mol. The first kappa shape index (κ1) is 40.4. The van der Waals surface area contributed by atoms with Gasteiger partial charge in [0.05, 0.1) is 13.2 Å². The van der Waals surface area contributed by atoms with Gasteiger partial charge in [-0.3, -0.25) is 0 Å². The first-order chi connectivity index (χ1) is 19.6. The van der Waals surface area contributed by atoms with Crippen LogP contribution in [0.15, 0.2) is 0 Å². The molecule has 0 aromatic rings. The molecule has 0 N–H and O–H groups in total. The van der Waals surface area contributed by atoms with Crippen LogP contribution in [-0.2, 0) is 13.3 Å². The van der Waals surface area contributed by atoms with Crippen molar-refractivity contribution < 1.29 is 13.3 Å². The third-order valence-electron chi connectivity index (χ3n) is 7.73. The number of hydrogen-bond acceptors (Lipinski definition) is 6. The van der Waals surface area contributed by atoms with E-state index in [0.717, 1.165) is 70.5 Å². The molecule has 0 atom stereocenters. The SMILES string of the molecule is CCCCCCCCCCO[Si](CCCS)(OCCN(CCCC)CCCC)OCCN(CCCC)CCCC. The summed E-state index contributed by atoms with van der Waals surface area (Å²) < 4.78 is 20.2. The van der Waals surface area contributed by atoms with Gasteiger partial charge in [-0.05, 0) is 70.5 Å². The Balaban J connectivity index is 5.16. The molecular formula is C33H72N2O3SSi. The Labute approximate surface area is 258 Å². The van der Waals surface area contributed by atoms with Crippen LogP contribution in [0.4, 0.5) is 0 Å². The van der Waals surface area contributed by atoms with Gasteiger partial charge in [0.25, 0.3) is 0 Å². The van der Waals surface area contributed by atoms with Crippen LogP contribution in [0.1, 0.15) is 144 Å². The van der Waals surface area contributed by atoms with E-state index < -0.39 is 8.80 Å². The average molecular weight is 605 g/mol. The molecule has 0 rings (SSSR count). The minimum atomic E-state index is -2.76. The molecule has 0 unspecified atom stereocenters. The van der Waals surface area contributed by atoms with Crippen LogP contribution < -0.4 is 0 Å². The molecule has 0 aliphatic heterocycles. The van der Waals surface area contributed by atoms with Gasteiger partial charge in [0.1, 0.15) is 0 Å². The maximum atomic E-state index is 6.74. The molecule has 0 fully saturated rings. The van der Waals surface area contributed by atoms with E-state index in [2.05, 4.69) is 57.0 Å². The van der Waals surface area contributed by atoms with Gasteiger partial charge in [0.2, 0.25) is 0 Å². The van der Waals surface area contributed by atoms with Gasteiger partial charge in [-0.1, -0.05) is 105 Å². The summed E-state index contributed by atoms with van der Waals surface area (Å²) >= 11 is 4.54. The quantitative estimate of drug-likeness (QED) is 0.0459. The zero-order valence-corrected chi connectivity index (χ0v) is 29.8. The van der Waals surface area contributed by atoms with E-state index in [1.807, 2.05) is 0 Å². The summed E-state index contributed by atoms with van der Waals surface area (Å²) in [6.07, 6.45) is 21.4. The number of thiol groups is 1. The molecule has 40 heavy (non-hydrogen) atoms. The van der Waals surface area contributed by atoms with Crippen molar-refractivity contribution in [2.24, 2.45) is 0 Å². The van der Waals surface area contributed by atoms with E-state index in [4.69, 9.17) is 13.3 Å². The highest BCUT2D eigenvalue weighted by atomic mass is 32.1. The monoisotopic (exact) mass is 605 g/mol. The van der Waals surface area contributed by atoms with Gasteiger partial charge in [0.15, 0.2) is 0 Å². The Bertz CT molecular complexity index is 462. The van der Waals surface area contributed by atoms with Crippen molar-refractivity contribution >= 4 is 21.4 Å². The van der Waals surface area contributed by atoms with E-state index in [1.54, 1.807) is 0 Å². The number of rotatable bonds is 33. The van der Waals surface area contributed by atoms with Crippen LogP contribution >= 0.6 is 12.6 Å². The first-order valence-electron chi connectivity index (χ1n) is 17.6. The fraction of sp³-hybridized carbons (Fsp3) is 1.00. The topological polar surface area (TPSA) is 34.2 Å². The van der Waals surface area contributed by atoms with Crippen LogP contribution in [0.25, 0.3) is 0 Å². The van der Waals surface area contributed by atoms with Gasteiger partial charge in [-0.25, -0.2) is 0 Å². The first-order valence-corrected chi connectivity index (χ1v) is 20.1. The largest absolute Gasteiger partial charge is 0.501 e. The van der Waals surface area contributed by atoms with Crippen molar-refractivity contribution in [3.63, 3.8) is 0 Å². The lowest BCUT2D eigenvalue weighted by atomic mass is 10.1. The molecule has 0 saturated carbocycles. The Morgan fingerprint density at radius 3 is 1.20 bits per heavy atom. The molecular weight excluding hydrogens is 533 g/mol. The summed E-state index contributed by atoms with van der Waals surface area (Å²) in [6, 6.07) is 0.876. The van der Waals surface area contributed by atoms with Crippen LogP contribution in [-0.4, -0.2) is 83.4 Å². The molecule has 0 radical (unpaired) electrons. The summed E-state index contributed by atoms with van der Waals surface area (Å²) in [5.74, 6) is 0.848. The molecule has 0 saturated heterocycles. The highest BCUT2D eigenvalue weighted by molar-refractivity contribution is 7.80. The van der Waals surface area contributed by atoms with Gasteiger partial charge in [-0.15, -0.1) is 0 Å². The summed E-state index contributed by atoms with van der Waals surface area (Å²) in [6.45, 7) is 20.2. The highest BCUT2D eigenvalue weighted by Gasteiger charge is 2.40. The fourth-order valence-electron chi connectivity index (χ4n) is 4.96. The molecule has 0 amide bonds. The summed E-state index contributed by atoms with van der Waals surface area (Å²) in [5, 5.41) is 0. The third-order valence-corrected chi connectivity index (χ3v) is 10.9. The molecule has 5 nitrogen and oxygen atoms in total. The zero-order chi connectivity index (χ0) is 29.6. The number of unbranched alkanes of at least 4 members (excludes halogenated alkanes) is 11. The van der Waals surface area contributed by atoms with E-state index >= 15 is 0 Å². The summed E-state index contributed by atoms with van der Waals surface area (Å²) in [5.41, 5.74) is 0. The Morgan fingerprint density at radius 1 is 0.425 bits per heavy atom. The lowest BCUT2D eigenvalue weighted by molar-refractivity contribution is 0.0430. The number of hydrogen-bond donors (Lipinski definition) is 1. The fourth-order valence-corrected chi connectivity index (χ4v) is 7.97. The predicted octanol–water partition coefficient (Wildman–Crippen LogP) is 9.24. The second-order valence-electron chi connectivity index (χ2n) is 11.6. The smallest absolute Gasteiger partial charge is 0.373 e. The molecule has 0 aliphatic rings. The van der Waals surface area contributed by atoms with Crippen molar-refractivity contribution in [1.29, 1.82) is 0 Å². The standard InChI is InChI=1S/C33H72N2O3SSi/c1-6-11-16-17-18-19-20-21-29-36-40(33-22-32-39,37-30-27-34(23-12-7-2)24-13-8-3)38-31-28-35(25-14-9-4)26-15-10-5/h39H,6-33H2,1-5H3. The second kappa shape index (κ2) is 30.8. The molecule has 0 aromatic heterocycles. The maximum Gasteiger partial charge on any atom is 0.501 e. The van der Waals surface area contributed by atoms with E-state index in [-0.39, 0.29) is 0 Å². The maximum absolute atomic E-state index is 6.74. The average Bonchev–Trinajstić information content (AvgIpc) is 2.97. The van der Waals surface area contributed by atoms with E-state index in [0.29, 0.717) is 13.2 Å². The lowest BCUT2D eigenvalue weighted by Gasteiger charge is -2.32. The van der Waals surface area contributed by atoms with Crippen LogP contribution in [0.2, 0.25) is 6.04 Å². The van der Waals surface area contributed by atoms with Crippen LogP contribution in [0.3, 0.4) is 0 Å². The Morgan fingerprint density at radius 2 is 0.800 bits per heavy atom. The lowest BCUT2D eigenvalue weighted by Crippen LogP contribution is -2.49. The minimum Gasteiger partial charge on any atom is -0.373 e. The number of nitrogens with zero attached hydrogens (tertiary/aromatic N) is 2. The van der Waals surface area contributed by atoms with Crippen molar-refractivity contribution in [2.45, 2.75) is 150 Å². The Hall–Kier alpha value is 0.367. The van der Waals surface area contributed by atoms with Crippen molar-refractivity contribution in [3.8, 4) is 0 Å². The Kier molecular flexibility index (Phi) is 31.1. The molecule has 7 heteroatoms. The molecule has 0 spiro atoms. The summed E-state index contributed by atoms with van der Waals surface area (Å²) in [4.78, 5) is 5.17. The van der Waals surface area contributed by atoms with Gasteiger partial charge in [-0.2, -0.15) is 12.6 Å². The van der Waals surface area contributed by atoms with E-state index in [1.165, 1.54) is 96.3 Å². The van der Waals surface area contributed by atoms with Crippen molar-refractivity contribution in [3.05, 3.63) is 0 Å². The van der Waals surface area contributed by atoms with Gasteiger partial charge < -0.3 is 23.1 Å². The second-order valence-corrected chi connectivity index (χ2v) is 14.8. The zero-order valence-electron chi connectivity index (χ0n) is 27.9. The van der Waals surface area contributed by atoms with Gasteiger partial charge in [0, 0.05) is 25.7 Å². The normalized spacial score (nSPS) is 12.3. The molecule has 0 heterocycles. The molecule has 0 bridgehead atoms. The van der Waals surface area contributed by atoms with Gasteiger partial charge >= 0.3 is 8.80 Å². The van der Waals surface area contributed by atoms with Crippen molar-refractivity contribution in [1.82, 2.24) is 9.80 Å². The highest BCUT2D eigenvalue weighted by Crippen LogP contribution is 2.20. The van der Waals surface area contributed by atoms with Crippen molar-refractivity contribution in [2.75, 3.05) is 64.8 Å². The molecule has 242 valence electrons. The summed E-state index contributed by atoms with van der Waals surface area (Å²) in [7, 11) is -2.76. The molecule has 0 aliphatic carbocycles. The minimum absolute atomic E-state index is 0.707. The van der Waals surface area contributed by atoms with E-state index in [9.17, 15) is 0 Å². The molecule has 0 aromatic carbocycles. The van der Waals surface area contributed by atoms with Crippen LogP contribution in [0.5, 0.6) is 0 Å². The van der Waals surface area contributed by atoms with Crippen LogP contribution in [0, 0.1) is 0 Å².